The molecule has 0 saturated heterocycles. The Morgan fingerprint density at radius 2 is 2.08 bits per heavy atom. The monoisotopic (exact) mass is 324 g/mol. The fourth-order valence-corrected chi connectivity index (χ4v) is 2.82. The molecular weight excluding hydrogens is 304 g/mol. The number of carbonyl (C=O) groups is 1. The van der Waals surface area contributed by atoms with Gasteiger partial charge in [-0.2, -0.15) is 0 Å². The number of fused-ring (bicyclic) bond motifs is 1. The predicted molar refractivity (Wildman–Crippen MR) is 92.9 cm³/mol. The molecule has 24 heavy (non-hydrogen) atoms. The minimum atomic E-state index is -0.340. The highest BCUT2D eigenvalue weighted by Gasteiger charge is 2.15. The standard InChI is InChI=1S/C19H20N2O3/c1-23-15-5-2-4-14(10-15)11-20-12-19(24-13-22)17-6-3-7-18-16(17)8-9-21-18/h2-10,13,19-21H,11-12H2,1H3. The van der Waals surface area contributed by atoms with Crippen molar-refractivity contribution in [3.63, 3.8) is 0 Å². The van der Waals surface area contributed by atoms with Crippen LogP contribution in [0.5, 0.6) is 5.75 Å². The Morgan fingerprint density at radius 1 is 1.21 bits per heavy atom. The molecule has 0 spiro atoms. The third kappa shape index (κ3) is 3.58. The molecule has 0 aliphatic carbocycles. The van der Waals surface area contributed by atoms with Crippen LogP contribution < -0.4 is 10.1 Å². The summed E-state index contributed by atoms with van der Waals surface area (Å²) in [4.78, 5) is 14.1. The van der Waals surface area contributed by atoms with Crippen LogP contribution in [0.2, 0.25) is 0 Å². The maximum atomic E-state index is 10.9. The molecule has 3 rings (SSSR count). The zero-order chi connectivity index (χ0) is 16.8. The Bertz CT molecular complexity index is 813. The van der Waals surface area contributed by atoms with Crippen LogP contribution >= 0.6 is 0 Å². The number of benzene rings is 2. The van der Waals surface area contributed by atoms with Crippen molar-refractivity contribution in [2.24, 2.45) is 0 Å². The van der Waals surface area contributed by atoms with Crippen LogP contribution in [0.25, 0.3) is 10.9 Å². The number of aromatic nitrogens is 1. The highest BCUT2D eigenvalue weighted by atomic mass is 16.5. The van der Waals surface area contributed by atoms with E-state index in [1.54, 1.807) is 7.11 Å². The van der Waals surface area contributed by atoms with E-state index in [1.807, 2.05) is 54.7 Å². The van der Waals surface area contributed by atoms with Gasteiger partial charge in [-0.15, -0.1) is 0 Å². The first-order valence-electron chi connectivity index (χ1n) is 7.80. The van der Waals surface area contributed by atoms with Crippen molar-refractivity contribution in [3.05, 3.63) is 65.9 Å². The Hall–Kier alpha value is -2.79. The number of rotatable bonds is 8. The molecule has 2 N–H and O–H groups in total. The second-order valence-corrected chi connectivity index (χ2v) is 5.49. The molecule has 2 aromatic carbocycles. The van der Waals surface area contributed by atoms with Crippen molar-refractivity contribution in [1.82, 2.24) is 10.3 Å². The molecular formula is C19H20N2O3. The molecule has 1 aromatic heterocycles. The van der Waals surface area contributed by atoms with E-state index in [0.717, 1.165) is 27.8 Å². The number of hydrogen-bond donors (Lipinski definition) is 2. The second-order valence-electron chi connectivity index (χ2n) is 5.49. The molecule has 0 amide bonds. The summed E-state index contributed by atoms with van der Waals surface area (Å²) in [5, 5.41) is 4.41. The van der Waals surface area contributed by atoms with Crippen molar-refractivity contribution in [1.29, 1.82) is 0 Å². The van der Waals surface area contributed by atoms with Crippen molar-refractivity contribution < 1.29 is 14.3 Å². The molecule has 1 atom stereocenters. The first-order valence-corrected chi connectivity index (χ1v) is 7.80. The molecule has 0 aliphatic heterocycles. The number of ether oxygens (including phenoxy) is 2. The third-order valence-corrected chi connectivity index (χ3v) is 3.99. The van der Waals surface area contributed by atoms with Gasteiger partial charge in [0.1, 0.15) is 11.9 Å². The van der Waals surface area contributed by atoms with E-state index < -0.39 is 0 Å². The van der Waals surface area contributed by atoms with Gasteiger partial charge in [0, 0.05) is 35.8 Å². The lowest BCUT2D eigenvalue weighted by molar-refractivity contribution is -0.133. The average molecular weight is 324 g/mol. The van der Waals surface area contributed by atoms with Crippen LogP contribution in [0.3, 0.4) is 0 Å². The fourth-order valence-electron chi connectivity index (χ4n) is 2.82. The van der Waals surface area contributed by atoms with E-state index in [-0.39, 0.29) is 6.10 Å². The van der Waals surface area contributed by atoms with E-state index in [0.29, 0.717) is 19.6 Å². The summed E-state index contributed by atoms with van der Waals surface area (Å²) in [6.45, 7) is 1.70. The van der Waals surface area contributed by atoms with E-state index in [2.05, 4.69) is 10.3 Å². The first-order chi connectivity index (χ1) is 11.8. The Balaban J connectivity index is 1.70. The van der Waals surface area contributed by atoms with Crippen molar-refractivity contribution >= 4 is 17.4 Å². The van der Waals surface area contributed by atoms with Gasteiger partial charge >= 0.3 is 0 Å². The molecule has 1 unspecified atom stereocenters. The van der Waals surface area contributed by atoms with Crippen molar-refractivity contribution in [2.45, 2.75) is 12.6 Å². The fraction of sp³-hybridized carbons (Fsp3) is 0.211. The van der Waals surface area contributed by atoms with Gasteiger partial charge in [-0.1, -0.05) is 24.3 Å². The maximum absolute atomic E-state index is 10.9. The van der Waals surface area contributed by atoms with Crippen LogP contribution in [0, 0.1) is 0 Å². The van der Waals surface area contributed by atoms with Crippen LogP contribution in [0.1, 0.15) is 17.2 Å². The number of hydrogen-bond acceptors (Lipinski definition) is 4. The van der Waals surface area contributed by atoms with Gasteiger partial charge in [0.05, 0.1) is 7.11 Å². The Morgan fingerprint density at radius 3 is 2.92 bits per heavy atom. The smallest absolute Gasteiger partial charge is 0.293 e. The normalized spacial score (nSPS) is 12.0. The highest BCUT2D eigenvalue weighted by molar-refractivity contribution is 5.83. The molecule has 3 aromatic rings. The Labute approximate surface area is 140 Å². The molecule has 5 heteroatoms. The highest BCUT2D eigenvalue weighted by Crippen LogP contribution is 2.25. The van der Waals surface area contributed by atoms with Gasteiger partial charge in [-0.3, -0.25) is 4.79 Å². The summed E-state index contributed by atoms with van der Waals surface area (Å²) >= 11 is 0. The minimum absolute atomic E-state index is 0.340. The van der Waals surface area contributed by atoms with Crippen LogP contribution in [0.4, 0.5) is 0 Å². The number of methoxy groups -OCH3 is 1. The quantitative estimate of drug-likeness (QED) is 0.625. The van der Waals surface area contributed by atoms with E-state index in [4.69, 9.17) is 9.47 Å². The van der Waals surface area contributed by atoms with E-state index in [1.165, 1.54) is 0 Å². The summed E-state index contributed by atoms with van der Waals surface area (Å²) in [6.07, 6.45) is 1.54. The number of H-pyrrole nitrogens is 1. The summed E-state index contributed by atoms with van der Waals surface area (Å²) in [7, 11) is 1.65. The van der Waals surface area contributed by atoms with Crippen molar-refractivity contribution in [2.75, 3.05) is 13.7 Å². The van der Waals surface area contributed by atoms with Gasteiger partial charge in [0.25, 0.3) is 6.47 Å². The lowest BCUT2D eigenvalue weighted by atomic mass is 10.0. The van der Waals surface area contributed by atoms with Gasteiger partial charge in [0.2, 0.25) is 0 Å². The zero-order valence-electron chi connectivity index (χ0n) is 13.5. The van der Waals surface area contributed by atoms with Crippen LogP contribution in [0.15, 0.2) is 54.7 Å². The molecule has 0 saturated carbocycles. The third-order valence-electron chi connectivity index (χ3n) is 3.99. The van der Waals surface area contributed by atoms with Crippen LogP contribution in [-0.4, -0.2) is 25.1 Å². The summed E-state index contributed by atoms with van der Waals surface area (Å²) in [5.74, 6) is 0.826. The van der Waals surface area contributed by atoms with E-state index in [9.17, 15) is 4.79 Å². The minimum Gasteiger partial charge on any atom is -0.497 e. The lowest BCUT2D eigenvalue weighted by Crippen LogP contribution is -2.23. The van der Waals surface area contributed by atoms with Gasteiger partial charge in [-0.05, 0) is 29.8 Å². The molecule has 0 aliphatic rings. The molecule has 5 nitrogen and oxygen atoms in total. The number of nitrogens with one attached hydrogen (secondary N) is 2. The SMILES string of the molecule is COc1cccc(CNCC(OC=O)c2cccc3[nH]ccc23)c1. The first kappa shape index (κ1) is 16.1. The summed E-state index contributed by atoms with van der Waals surface area (Å²) in [6, 6.07) is 15.8. The molecule has 0 bridgehead atoms. The van der Waals surface area contributed by atoms with Crippen LogP contribution in [-0.2, 0) is 16.1 Å². The average Bonchev–Trinajstić information content (AvgIpc) is 3.10. The molecule has 124 valence electrons. The van der Waals surface area contributed by atoms with Gasteiger partial charge < -0.3 is 19.8 Å². The van der Waals surface area contributed by atoms with E-state index >= 15 is 0 Å². The topological polar surface area (TPSA) is 63.4 Å². The molecule has 0 radical (unpaired) electrons. The summed E-state index contributed by atoms with van der Waals surface area (Å²) in [5.41, 5.74) is 3.12. The summed E-state index contributed by atoms with van der Waals surface area (Å²) < 4.78 is 10.5. The molecule has 0 fully saturated rings. The van der Waals surface area contributed by atoms with Gasteiger partial charge in [-0.25, -0.2) is 0 Å². The number of carbonyl (C=O) groups excluding carboxylic acids is 1. The second kappa shape index (κ2) is 7.66. The van der Waals surface area contributed by atoms with Crippen molar-refractivity contribution in [3.8, 4) is 5.75 Å². The predicted octanol–water partition coefficient (Wildman–Crippen LogP) is 3.18. The molecule has 1 heterocycles. The zero-order valence-corrected chi connectivity index (χ0v) is 13.5. The number of aromatic amines is 1. The Kier molecular flexibility index (Phi) is 5.13. The maximum Gasteiger partial charge on any atom is 0.293 e. The lowest BCUT2D eigenvalue weighted by Gasteiger charge is -2.17. The largest absolute Gasteiger partial charge is 0.497 e. The van der Waals surface area contributed by atoms with Gasteiger partial charge in [0.15, 0.2) is 0 Å².